The monoisotopic (exact) mass is 265 g/mol. The summed E-state index contributed by atoms with van der Waals surface area (Å²) >= 11 is 0. The highest BCUT2D eigenvalue weighted by Gasteiger charge is 2.39. The fourth-order valence-corrected chi connectivity index (χ4v) is 3.55. The van der Waals surface area contributed by atoms with Gasteiger partial charge in [0.1, 0.15) is 5.54 Å². The van der Waals surface area contributed by atoms with Crippen molar-refractivity contribution in [1.29, 1.82) is 5.26 Å². The van der Waals surface area contributed by atoms with E-state index in [-0.39, 0.29) is 5.54 Å². The van der Waals surface area contributed by atoms with Gasteiger partial charge in [-0.25, -0.2) is 0 Å². The predicted octanol–water partition coefficient (Wildman–Crippen LogP) is 1.91. The van der Waals surface area contributed by atoms with Crippen molar-refractivity contribution in [2.75, 3.05) is 19.7 Å². The van der Waals surface area contributed by atoms with Crippen LogP contribution >= 0.6 is 0 Å². The molecule has 2 rings (SSSR count). The third-order valence-corrected chi connectivity index (χ3v) is 4.29. The van der Waals surface area contributed by atoms with Gasteiger partial charge in [-0.2, -0.15) is 5.26 Å². The molecule has 1 saturated heterocycles. The molecule has 19 heavy (non-hydrogen) atoms. The highest BCUT2D eigenvalue weighted by Crippen LogP contribution is 2.32. The summed E-state index contributed by atoms with van der Waals surface area (Å²) in [6.45, 7) is 9.23. The Morgan fingerprint density at radius 2 is 2.26 bits per heavy atom. The van der Waals surface area contributed by atoms with E-state index in [1.807, 2.05) is 0 Å². The van der Waals surface area contributed by atoms with E-state index in [4.69, 9.17) is 4.74 Å². The second-order valence-electron chi connectivity index (χ2n) is 6.42. The van der Waals surface area contributed by atoms with E-state index in [2.05, 4.69) is 37.1 Å². The molecular formula is C15H27N3O. The molecule has 0 aromatic carbocycles. The molecule has 0 aromatic rings. The summed E-state index contributed by atoms with van der Waals surface area (Å²) < 4.78 is 5.62. The number of nitrogens with one attached hydrogen (secondary N) is 1. The van der Waals surface area contributed by atoms with Gasteiger partial charge in [-0.15, -0.1) is 0 Å². The molecule has 2 aliphatic rings. The van der Waals surface area contributed by atoms with E-state index in [1.165, 1.54) is 6.42 Å². The molecule has 0 amide bonds. The molecule has 3 atom stereocenters. The SMILES string of the molecule is CC(C)NC1(C#N)CCCC(N2CCOC(C)C2)C1. The normalized spacial score (nSPS) is 37.2. The van der Waals surface area contributed by atoms with Crippen molar-refractivity contribution < 1.29 is 4.74 Å². The van der Waals surface area contributed by atoms with Crippen LogP contribution in [0.5, 0.6) is 0 Å². The Bertz CT molecular complexity index is 339. The minimum Gasteiger partial charge on any atom is -0.376 e. The number of nitrogens with zero attached hydrogens (tertiary/aromatic N) is 2. The number of rotatable bonds is 3. The summed E-state index contributed by atoms with van der Waals surface area (Å²) in [4.78, 5) is 2.53. The van der Waals surface area contributed by atoms with E-state index >= 15 is 0 Å². The van der Waals surface area contributed by atoms with Crippen LogP contribution in [0, 0.1) is 11.3 Å². The van der Waals surface area contributed by atoms with Crippen LogP contribution in [0.4, 0.5) is 0 Å². The second kappa shape index (κ2) is 6.21. The first kappa shape index (κ1) is 14.8. The number of nitriles is 1. The van der Waals surface area contributed by atoms with Gasteiger partial charge in [0.15, 0.2) is 0 Å². The summed E-state index contributed by atoms with van der Waals surface area (Å²) in [6.07, 6.45) is 4.62. The van der Waals surface area contributed by atoms with Crippen LogP contribution in [-0.2, 0) is 4.74 Å². The molecule has 1 aliphatic heterocycles. The van der Waals surface area contributed by atoms with Crippen LogP contribution in [-0.4, -0.2) is 48.3 Å². The van der Waals surface area contributed by atoms with Crippen molar-refractivity contribution >= 4 is 0 Å². The Morgan fingerprint density at radius 3 is 2.89 bits per heavy atom. The van der Waals surface area contributed by atoms with Crippen LogP contribution in [0.25, 0.3) is 0 Å². The van der Waals surface area contributed by atoms with Crippen molar-refractivity contribution in [2.24, 2.45) is 0 Å². The Balaban J connectivity index is 2.01. The van der Waals surface area contributed by atoms with Gasteiger partial charge in [0.25, 0.3) is 0 Å². The zero-order valence-electron chi connectivity index (χ0n) is 12.5. The lowest BCUT2D eigenvalue weighted by Gasteiger charge is -2.44. The first-order chi connectivity index (χ1) is 9.04. The van der Waals surface area contributed by atoms with Gasteiger partial charge in [-0.1, -0.05) is 0 Å². The minimum absolute atomic E-state index is 0.321. The molecule has 1 heterocycles. The third kappa shape index (κ3) is 3.68. The molecule has 3 unspecified atom stereocenters. The maximum absolute atomic E-state index is 9.60. The maximum Gasteiger partial charge on any atom is 0.108 e. The first-order valence-electron chi connectivity index (χ1n) is 7.59. The van der Waals surface area contributed by atoms with Gasteiger partial charge < -0.3 is 4.74 Å². The summed E-state index contributed by atoms with van der Waals surface area (Å²) in [6, 6.07) is 3.46. The lowest BCUT2D eigenvalue weighted by molar-refractivity contribution is -0.0438. The van der Waals surface area contributed by atoms with Crippen molar-refractivity contribution in [3.63, 3.8) is 0 Å². The van der Waals surface area contributed by atoms with E-state index < -0.39 is 0 Å². The van der Waals surface area contributed by atoms with E-state index in [0.29, 0.717) is 18.2 Å². The van der Waals surface area contributed by atoms with Gasteiger partial charge >= 0.3 is 0 Å². The lowest BCUT2D eigenvalue weighted by Crippen LogP contribution is -2.56. The molecule has 4 nitrogen and oxygen atoms in total. The fourth-order valence-electron chi connectivity index (χ4n) is 3.55. The summed E-state index contributed by atoms with van der Waals surface area (Å²) in [5.74, 6) is 0. The second-order valence-corrected chi connectivity index (χ2v) is 6.42. The Hall–Kier alpha value is -0.630. The predicted molar refractivity (Wildman–Crippen MR) is 75.9 cm³/mol. The lowest BCUT2D eigenvalue weighted by atomic mass is 9.78. The van der Waals surface area contributed by atoms with Gasteiger partial charge in [0, 0.05) is 25.2 Å². The number of hydrogen-bond acceptors (Lipinski definition) is 4. The smallest absolute Gasteiger partial charge is 0.108 e. The van der Waals surface area contributed by atoms with Gasteiger partial charge in [-0.05, 0) is 46.5 Å². The van der Waals surface area contributed by atoms with Gasteiger partial charge in [-0.3, -0.25) is 10.2 Å². The molecule has 0 spiro atoms. The van der Waals surface area contributed by atoms with Crippen LogP contribution in [0.2, 0.25) is 0 Å². The molecule has 2 fully saturated rings. The molecule has 108 valence electrons. The molecular weight excluding hydrogens is 238 g/mol. The molecule has 0 aromatic heterocycles. The number of ether oxygens (including phenoxy) is 1. The number of hydrogen-bond donors (Lipinski definition) is 1. The fraction of sp³-hybridized carbons (Fsp3) is 0.933. The highest BCUT2D eigenvalue weighted by molar-refractivity contribution is 5.11. The summed E-state index contributed by atoms with van der Waals surface area (Å²) in [5, 5.41) is 13.1. The van der Waals surface area contributed by atoms with E-state index in [0.717, 1.165) is 39.0 Å². The van der Waals surface area contributed by atoms with Crippen molar-refractivity contribution in [3.05, 3.63) is 0 Å². The minimum atomic E-state index is -0.321. The number of morpholine rings is 1. The van der Waals surface area contributed by atoms with Crippen LogP contribution in [0.1, 0.15) is 46.5 Å². The zero-order valence-corrected chi connectivity index (χ0v) is 12.5. The molecule has 0 bridgehead atoms. The van der Waals surface area contributed by atoms with E-state index in [1.54, 1.807) is 0 Å². The summed E-state index contributed by atoms with van der Waals surface area (Å²) in [7, 11) is 0. The first-order valence-corrected chi connectivity index (χ1v) is 7.59. The topological polar surface area (TPSA) is 48.3 Å². The largest absolute Gasteiger partial charge is 0.376 e. The Labute approximate surface area is 117 Å². The maximum atomic E-state index is 9.60. The zero-order chi connectivity index (χ0) is 13.9. The highest BCUT2D eigenvalue weighted by atomic mass is 16.5. The van der Waals surface area contributed by atoms with Gasteiger partial charge in [0.05, 0.1) is 18.8 Å². The van der Waals surface area contributed by atoms with E-state index in [9.17, 15) is 5.26 Å². The van der Waals surface area contributed by atoms with Crippen molar-refractivity contribution in [3.8, 4) is 6.07 Å². The van der Waals surface area contributed by atoms with Crippen LogP contribution in [0.15, 0.2) is 0 Å². The van der Waals surface area contributed by atoms with Gasteiger partial charge in [0.2, 0.25) is 0 Å². The Morgan fingerprint density at radius 1 is 1.47 bits per heavy atom. The molecule has 1 N–H and O–H groups in total. The van der Waals surface area contributed by atoms with Crippen LogP contribution in [0.3, 0.4) is 0 Å². The average Bonchev–Trinajstić information content (AvgIpc) is 2.38. The quantitative estimate of drug-likeness (QED) is 0.847. The molecule has 1 saturated carbocycles. The molecule has 4 heteroatoms. The summed E-state index contributed by atoms with van der Waals surface area (Å²) in [5.41, 5.74) is -0.321. The molecule has 0 radical (unpaired) electrons. The van der Waals surface area contributed by atoms with Crippen LogP contribution < -0.4 is 5.32 Å². The Kier molecular flexibility index (Phi) is 4.83. The third-order valence-electron chi connectivity index (χ3n) is 4.29. The average molecular weight is 265 g/mol. The van der Waals surface area contributed by atoms with Crippen molar-refractivity contribution in [2.45, 2.75) is 70.2 Å². The molecule has 1 aliphatic carbocycles. The standard InChI is InChI=1S/C15H27N3O/c1-12(2)17-15(11-16)6-4-5-14(9-15)18-7-8-19-13(3)10-18/h12-14,17H,4-10H2,1-3H3. The van der Waals surface area contributed by atoms with Crippen molar-refractivity contribution in [1.82, 2.24) is 10.2 Å².